The van der Waals surface area contributed by atoms with Gasteiger partial charge in [-0.15, -0.1) is 19.7 Å². The molecule has 0 aromatic heterocycles. The molecule has 90 valence electrons. The zero-order valence-electron chi connectivity index (χ0n) is 10.8. The number of rotatable bonds is 6. The van der Waals surface area contributed by atoms with Crippen LogP contribution in [0, 0.1) is 0 Å². The minimum absolute atomic E-state index is 0.0396. The molecule has 0 bridgehead atoms. The second-order valence-electron chi connectivity index (χ2n) is 3.84. The molecule has 0 amide bonds. The molecular weight excluding hydrogens is 219 g/mol. The van der Waals surface area contributed by atoms with E-state index >= 15 is 0 Å². The van der Waals surface area contributed by atoms with E-state index in [1.807, 2.05) is 32.1 Å². The van der Waals surface area contributed by atoms with E-state index in [1.165, 1.54) is 0 Å². The standard InChI is InChI=1S/C12H18B3N3/c1-7-13-16(10-4)14(8-2)18(12-6)15(9-3)17(13)11-5/h7-12H,1-6H2. The molecule has 0 atom stereocenters. The summed E-state index contributed by atoms with van der Waals surface area (Å²) in [6.45, 7) is 23.1. The van der Waals surface area contributed by atoms with Crippen LogP contribution in [0.3, 0.4) is 0 Å². The maximum Gasteiger partial charge on any atom is 0.379 e. The molecule has 6 heteroatoms. The van der Waals surface area contributed by atoms with Crippen molar-refractivity contribution in [1.29, 1.82) is 0 Å². The molecule has 0 unspecified atom stereocenters. The van der Waals surface area contributed by atoms with Gasteiger partial charge in [-0.3, -0.25) is 0 Å². The fourth-order valence-corrected chi connectivity index (χ4v) is 2.31. The lowest BCUT2D eigenvalue weighted by Crippen LogP contribution is -2.72. The third kappa shape index (κ3) is 2.06. The molecule has 1 aliphatic rings. The Morgan fingerprint density at radius 3 is 0.833 bits per heavy atom. The summed E-state index contributed by atoms with van der Waals surface area (Å²) in [4.78, 5) is 0. The lowest BCUT2D eigenvalue weighted by Gasteiger charge is -2.51. The third-order valence-electron chi connectivity index (χ3n) is 3.10. The molecule has 1 saturated heterocycles. The van der Waals surface area contributed by atoms with E-state index in [2.05, 4.69) is 39.5 Å². The van der Waals surface area contributed by atoms with Gasteiger partial charge in [0.25, 0.3) is 0 Å². The molecule has 1 heterocycles. The molecular formula is C12H18B3N3. The first-order valence-electron chi connectivity index (χ1n) is 5.77. The van der Waals surface area contributed by atoms with Crippen molar-refractivity contribution in [3.05, 3.63) is 76.0 Å². The van der Waals surface area contributed by atoms with Gasteiger partial charge in [-0.2, -0.15) is 0 Å². The van der Waals surface area contributed by atoms with Crippen molar-refractivity contribution in [2.24, 2.45) is 0 Å². The minimum atomic E-state index is -0.0396. The maximum atomic E-state index is 3.88. The molecule has 1 rings (SSSR count). The molecule has 0 spiro atoms. The molecule has 0 aliphatic carbocycles. The topological polar surface area (TPSA) is 9.72 Å². The first-order valence-corrected chi connectivity index (χ1v) is 5.77. The Labute approximate surface area is 111 Å². The lowest BCUT2D eigenvalue weighted by molar-refractivity contribution is 0.630. The van der Waals surface area contributed by atoms with E-state index in [-0.39, 0.29) is 20.9 Å². The highest BCUT2D eigenvalue weighted by Crippen LogP contribution is 2.21. The van der Waals surface area contributed by atoms with Crippen molar-refractivity contribution in [3.63, 3.8) is 0 Å². The first-order chi connectivity index (χ1) is 8.69. The Morgan fingerprint density at radius 2 is 0.722 bits per heavy atom. The van der Waals surface area contributed by atoms with Crippen LogP contribution in [0.2, 0.25) is 0 Å². The van der Waals surface area contributed by atoms with Crippen LogP contribution in [-0.2, 0) is 0 Å². The highest BCUT2D eigenvalue weighted by Gasteiger charge is 2.46. The lowest BCUT2D eigenvalue weighted by atomic mass is 9.43. The Morgan fingerprint density at radius 1 is 0.500 bits per heavy atom. The van der Waals surface area contributed by atoms with Gasteiger partial charge >= 0.3 is 20.9 Å². The summed E-state index contributed by atoms with van der Waals surface area (Å²) in [5.41, 5.74) is 0. The quantitative estimate of drug-likeness (QED) is 0.653. The fraction of sp³-hybridized carbons (Fsp3) is 0. The fourth-order valence-electron chi connectivity index (χ4n) is 2.31. The molecule has 3 nitrogen and oxygen atoms in total. The van der Waals surface area contributed by atoms with Crippen LogP contribution in [-0.4, -0.2) is 35.1 Å². The van der Waals surface area contributed by atoms with Crippen molar-refractivity contribution in [3.8, 4) is 0 Å². The van der Waals surface area contributed by atoms with Gasteiger partial charge in [0.15, 0.2) is 0 Å². The summed E-state index contributed by atoms with van der Waals surface area (Å²) >= 11 is 0. The Bertz CT molecular complexity index is 278. The molecule has 0 aromatic carbocycles. The summed E-state index contributed by atoms with van der Waals surface area (Å²) < 4.78 is 6.09. The molecule has 0 N–H and O–H groups in total. The van der Waals surface area contributed by atoms with Gasteiger partial charge in [0.2, 0.25) is 0 Å². The van der Waals surface area contributed by atoms with E-state index in [9.17, 15) is 0 Å². The summed E-state index contributed by atoms with van der Waals surface area (Å²) in [7, 11) is 0. The van der Waals surface area contributed by atoms with Gasteiger partial charge in [-0.1, -0.05) is 37.7 Å². The van der Waals surface area contributed by atoms with E-state index in [1.54, 1.807) is 18.6 Å². The van der Waals surface area contributed by atoms with Crippen LogP contribution < -0.4 is 0 Å². The van der Waals surface area contributed by atoms with Crippen molar-refractivity contribution < 1.29 is 0 Å². The van der Waals surface area contributed by atoms with Crippen molar-refractivity contribution in [1.82, 2.24) is 14.2 Å². The van der Waals surface area contributed by atoms with Crippen LogP contribution in [0.15, 0.2) is 76.0 Å². The third-order valence-corrected chi connectivity index (χ3v) is 3.10. The highest BCUT2D eigenvalue weighted by molar-refractivity contribution is 6.91. The molecule has 0 saturated carbocycles. The molecule has 0 aromatic rings. The van der Waals surface area contributed by atoms with Crippen molar-refractivity contribution in [2.45, 2.75) is 0 Å². The largest absolute Gasteiger partial charge is 0.424 e. The molecule has 1 aliphatic heterocycles. The zero-order chi connectivity index (χ0) is 13.7. The van der Waals surface area contributed by atoms with E-state index < -0.39 is 0 Å². The Balaban J connectivity index is 3.30. The predicted molar refractivity (Wildman–Crippen MR) is 84.0 cm³/mol. The van der Waals surface area contributed by atoms with Crippen LogP contribution in [0.4, 0.5) is 0 Å². The normalized spacial score (nSPS) is 15.3. The van der Waals surface area contributed by atoms with Gasteiger partial charge in [0.05, 0.1) is 0 Å². The second kappa shape index (κ2) is 6.10. The van der Waals surface area contributed by atoms with Gasteiger partial charge in [-0.25, -0.2) is 0 Å². The smallest absolute Gasteiger partial charge is 0.379 e. The highest BCUT2D eigenvalue weighted by atomic mass is 15.3. The average molecular weight is 237 g/mol. The summed E-state index contributed by atoms with van der Waals surface area (Å²) in [6.07, 6.45) is 5.31. The van der Waals surface area contributed by atoms with Gasteiger partial charge in [0, 0.05) is 0 Å². The summed E-state index contributed by atoms with van der Waals surface area (Å²) in [5, 5.41) is 0. The summed E-state index contributed by atoms with van der Waals surface area (Å²) in [5.74, 6) is 5.53. The molecule has 0 radical (unpaired) electrons. The number of hydrogen-bond acceptors (Lipinski definition) is 3. The Kier molecular flexibility index (Phi) is 4.78. The average Bonchev–Trinajstić information content (AvgIpc) is 2.43. The maximum absolute atomic E-state index is 3.88. The van der Waals surface area contributed by atoms with Crippen LogP contribution in [0.5, 0.6) is 0 Å². The molecule has 1 fully saturated rings. The van der Waals surface area contributed by atoms with E-state index in [0.717, 1.165) is 0 Å². The number of nitrogens with zero attached hydrogens (tertiary/aromatic N) is 3. The molecule has 18 heavy (non-hydrogen) atoms. The minimum Gasteiger partial charge on any atom is -0.424 e. The van der Waals surface area contributed by atoms with Crippen LogP contribution >= 0.6 is 0 Å². The van der Waals surface area contributed by atoms with Crippen LogP contribution in [0.1, 0.15) is 0 Å². The van der Waals surface area contributed by atoms with Crippen molar-refractivity contribution in [2.75, 3.05) is 0 Å². The Hall–Kier alpha value is -1.97. The van der Waals surface area contributed by atoms with Gasteiger partial charge in [-0.05, 0) is 18.6 Å². The first kappa shape index (κ1) is 14.1. The SMILES string of the molecule is C=CB1N(C=C)B(C=C)N(C=C)B(C=C)N1C=C. The number of hydrogen-bond donors (Lipinski definition) is 0. The summed E-state index contributed by atoms with van der Waals surface area (Å²) in [6, 6.07) is 0. The van der Waals surface area contributed by atoms with Gasteiger partial charge in [0.1, 0.15) is 0 Å². The van der Waals surface area contributed by atoms with Gasteiger partial charge < -0.3 is 14.2 Å². The monoisotopic (exact) mass is 237 g/mol. The van der Waals surface area contributed by atoms with E-state index in [0.29, 0.717) is 0 Å². The van der Waals surface area contributed by atoms with E-state index in [4.69, 9.17) is 0 Å². The predicted octanol–water partition coefficient (Wildman–Crippen LogP) is 1.98. The van der Waals surface area contributed by atoms with Crippen molar-refractivity contribution >= 4 is 20.9 Å². The van der Waals surface area contributed by atoms with Crippen LogP contribution in [0.25, 0.3) is 0 Å². The second-order valence-corrected chi connectivity index (χ2v) is 3.84. The zero-order valence-corrected chi connectivity index (χ0v) is 10.8.